The van der Waals surface area contributed by atoms with Crippen LogP contribution in [0.3, 0.4) is 0 Å². The highest BCUT2D eigenvalue weighted by Gasteiger charge is 2.21. The number of sulfonamides is 1. The summed E-state index contributed by atoms with van der Waals surface area (Å²) < 4.78 is 26.9. The van der Waals surface area contributed by atoms with E-state index < -0.39 is 10.0 Å². The molecule has 0 radical (unpaired) electrons. The van der Waals surface area contributed by atoms with Crippen molar-refractivity contribution >= 4 is 27.4 Å². The summed E-state index contributed by atoms with van der Waals surface area (Å²) in [6.45, 7) is 5.31. The lowest BCUT2D eigenvalue weighted by atomic mass is 10.2. The predicted octanol–water partition coefficient (Wildman–Crippen LogP) is 2.62. The first-order chi connectivity index (χ1) is 12.9. The molecule has 0 aliphatic carbocycles. The first-order valence-electron chi connectivity index (χ1n) is 9.00. The van der Waals surface area contributed by atoms with Gasteiger partial charge in [0.2, 0.25) is 10.0 Å². The van der Waals surface area contributed by atoms with Gasteiger partial charge in [0.05, 0.1) is 10.5 Å². The summed E-state index contributed by atoms with van der Waals surface area (Å²) in [4.78, 5) is 19.4. The van der Waals surface area contributed by atoms with E-state index in [9.17, 15) is 13.2 Å². The number of amides is 1. The molecule has 3 rings (SSSR count). The quantitative estimate of drug-likeness (QED) is 0.794. The van der Waals surface area contributed by atoms with E-state index in [1.165, 1.54) is 12.1 Å². The molecule has 1 amide bonds. The number of nitrogens with one attached hydrogen (secondary N) is 2. The van der Waals surface area contributed by atoms with Crippen LogP contribution < -0.4 is 14.9 Å². The SMILES string of the molecule is CC(C)NS(=O)(=O)c1ccc(NC(=O)c2cccnc2N2CCCC2)cc1. The van der Waals surface area contributed by atoms with Crippen LogP contribution in [-0.2, 0) is 10.0 Å². The van der Waals surface area contributed by atoms with Crippen LogP contribution in [0.1, 0.15) is 37.0 Å². The minimum absolute atomic E-state index is 0.160. The van der Waals surface area contributed by atoms with E-state index in [4.69, 9.17) is 0 Å². The standard InChI is InChI=1S/C19H24N4O3S/c1-14(2)22-27(25,26)16-9-7-15(8-10-16)21-19(24)17-6-5-11-20-18(17)23-12-3-4-13-23/h5-11,14,22H,3-4,12-13H2,1-2H3,(H,21,24). The maximum Gasteiger partial charge on any atom is 0.259 e. The Labute approximate surface area is 159 Å². The molecule has 0 bridgehead atoms. The van der Waals surface area contributed by atoms with Crippen LogP contribution in [0.5, 0.6) is 0 Å². The smallest absolute Gasteiger partial charge is 0.259 e. The fourth-order valence-corrected chi connectivity index (χ4v) is 4.30. The average molecular weight is 388 g/mol. The van der Waals surface area contributed by atoms with Gasteiger partial charge in [0.1, 0.15) is 5.82 Å². The lowest BCUT2D eigenvalue weighted by Gasteiger charge is -2.19. The number of anilines is 2. The molecule has 2 heterocycles. The summed E-state index contributed by atoms with van der Waals surface area (Å²) in [5, 5.41) is 2.82. The number of aromatic nitrogens is 1. The summed E-state index contributed by atoms with van der Waals surface area (Å²) in [7, 11) is -3.55. The maximum atomic E-state index is 12.7. The molecule has 2 N–H and O–H groups in total. The van der Waals surface area contributed by atoms with Crippen LogP contribution in [0.15, 0.2) is 47.5 Å². The molecule has 7 nitrogen and oxygen atoms in total. The molecule has 0 spiro atoms. The van der Waals surface area contributed by atoms with Crippen molar-refractivity contribution in [3.05, 3.63) is 48.2 Å². The van der Waals surface area contributed by atoms with Crippen molar-refractivity contribution in [1.29, 1.82) is 0 Å². The van der Waals surface area contributed by atoms with E-state index in [2.05, 4.69) is 19.9 Å². The average Bonchev–Trinajstić information content (AvgIpc) is 3.15. The molecule has 1 saturated heterocycles. The van der Waals surface area contributed by atoms with Crippen molar-refractivity contribution in [3.8, 4) is 0 Å². The third-order valence-electron chi connectivity index (χ3n) is 4.25. The topological polar surface area (TPSA) is 91.4 Å². The zero-order valence-electron chi connectivity index (χ0n) is 15.5. The van der Waals surface area contributed by atoms with Crippen LogP contribution >= 0.6 is 0 Å². The van der Waals surface area contributed by atoms with E-state index in [1.807, 2.05) is 0 Å². The van der Waals surface area contributed by atoms with E-state index in [0.717, 1.165) is 25.9 Å². The summed E-state index contributed by atoms with van der Waals surface area (Å²) in [5.41, 5.74) is 1.04. The van der Waals surface area contributed by atoms with Gasteiger partial charge < -0.3 is 10.2 Å². The van der Waals surface area contributed by atoms with Crippen molar-refractivity contribution in [3.63, 3.8) is 0 Å². The molecule has 8 heteroatoms. The minimum atomic E-state index is -3.55. The molecule has 1 aromatic heterocycles. The number of benzene rings is 1. The molecule has 1 fully saturated rings. The van der Waals surface area contributed by atoms with Gasteiger partial charge in [-0.25, -0.2) is 18.1 Å². The largest absolute Gasteiger partial charge is 0.356 e. The second-order valence-corrected chi connectivity index (χ2v) is 8.54. The highest BCUT2D eigenvalue weighted by atomic mass is 32.2. The van der Waals surface area contributed by atoms with E-state index in [-0.39, 0.29) is 16.8 Å². The molecule has 27 heavy (non-hydrogen) atoms. The Morgan fingerprint density at radius 3 is 2.41 bits per heavy atom. The Morgan fingerprint density at radius 2 is 1.78 bits per heavy atom. The summed E-state index contributed by atoms with van der Waals surface area (Å²) in [6, 6.07) is 9.42. The third kappa shape index (κ3) is 4.64. The van der Waals surface area contributed by atoms with Crippen molar-refractivity contribution in [2.75, 3.05) is 23.3 Å². The van der Waals surface area contributed by atoms with E-state index >= 15 is 0 Å². The molecule has 0 saturated carbocycles. The molecule has 1 aromatic carbocycles. The van der Waals surface area contributed by atoms with Crippen LogP contribution in [0, 0.1) is 0 Å². The fourth-order valence-electron chi connectivity index (χ4n) is 3.05. The zero-order chi connectivity index (χ0) is 19.4. The number of rotatable bonds is 6. The van der Waals surface area contributed by atoms with Crippen molar-refractivity contribution in [2.45, 2.75) is 37.6 Å². The molecule has 144 valence electrons. The zero-order valence-corrected chi connectivity index (χ0v) is 16.3. The van der Waals surface area contributed by atoms with Crippen molar-refractivity contribution in [1.82, 2.24) is 9.71 Å². The second-order valence-electron chi connectivity index (χ2n) is 6.82. The van der Waals surface area contributed by atoms with Gasteiger partial charge in [0.15, 0.2) is 0 Å². The number of hydrogen-bond acceptors (Lipinski definition) is 5. The summed E-state index contributed by atoms with van der Waals surface area (Å²) >= 11 is 0. The number of carbonyl (C=O) groups is 1. The Balaban J connectivity index is 1.76. The van der Waals surface area contributed by atoms with E-state index in [1.54, 1.807) is 44.3 Å². The summed E-state index contributed by atoms with van der Waals surface area (Å²) in [5.74, 6) is 0.425. The lowest BCUT2D eigenvalue weighted by Crippen LogP contribution is -2.30. The maximum absolute atomic E-state index is 12.7. The highest BCUT2D eigenvalue weighted by molar-refractivity contribution is 7.89. The van der Waals surface area contributed by atoms with Gasteiger partial charge in [-0.2, -0.15) is 0 Å². The number of hydrogen-bond donors (Lipinski definition) is 2. The lowest BCUT2D eigenvalue weighted by molar-refractivity contribution is 0.102. The van der Waals surface area contributed by atoms with E-state index in [0.29, 0.717) is 17.1 Å². The van der Waals surface area contributed by atoms with Gasteiger partial charge in [0, 0.05) is 31.0 Å². The first-order valence-corrected chi connectivity index (χ1v) is 10.5. The molecule has 0 unspecified atom stereocenters. The fraction of sp³-hybridized carbons (Fsp3) is 0.368. The van der Waals surface area contributed by atoms with Crippen LogP contribution in [0.4, 0.5) is 11.5 Å². The van der Waals surface area contributed by atoms with Crippen LogP contribution in [0.25, 0.3) is 0 Å². The van der Waals surface area contributed by atoms with Crippen LogP contribution in [-0.4, -0.2) is 38.4 Å². The number of carbonyl (C=O) groups excluding carboxylic acids is 1. The van der Waals surface area contributed by atoms with Crippen LogP contribution in [0.2, 0.25) is 0 Å². The normalized spacial score (nSPS) is 14.6. The van der Waals surface area contributed by atoms with Gasteiger partial charge in [0.25, 0.3) is 5.91 Å². The Bertz CT molecular complexity index is 905. The third-order valence-corrected chi connectivity index (χ3v) is 5.92. The molecular weight excluding hydrogens is 364 g/mol. The minimum Gasteiger partial charge on any atom is -0.356 e. The molecule has 1 aliphatic heterocycles. The Kier molecular flexibility index (Phi) is 5.76. The van der Waals surface area contributed by atoms with Gasteiger partial charge in [-0.15, -0.1) is 0 Å². The number of nitrogens with zero attached hydrogens (tertiary/aromatic N) is 2. The van der Waals surface area contributed by atoms with Gasteiger partial charge >= 0.3 is 0 Å². The highest BCUT2D eigenvalue weighted by Crippen LogP contribution is 2.23. The van der Waals surface area contributed by atoms with Gasteiger partial charge in [-0.1, -0.05) is 0 Å². The predicted molar refractivity (Wildman–Crippen MR) is 106 cm³/mol. The second kappa shape index (κ2) is 8.06. The monoisotopic (exact) mass is 388 g/mol. The number of pyridine rings is 1. The molecule has 0 atom stereocenters. The molecular formula is C19H24N4O3S. The Hall–Kier alpha value is -2.45. The van der Waals surface area contributed by atoms with Crippen molar-refractivity contribution in [2.24, 2.45) is 0 Å². The molecule has 1 aliphatic rings. The van der Waals surface area contributed by atoms with Crippen molar-refractivity contribution < 1.29 is 13.2 Å². The summed E-state index contributed by atoms with van der Waals surface area (Å²) in [6.07, 6.45) is 3.88. The Morgan fingerprint density at radius 1 is 1.11 bits per heavy atom. The molecule has 2 aromatic rings. The van der Waals surface area contributed by atoms with Gasteiger partial charge in [-0.3, -0.25) is 4.79 Å². The first kappa shape index (κ1) is 19.3. The van der Waals surface area contributed by atoms with Gasteiger partial charge in [-0.05, 0) is 63.1 Å².